The molecule has 0 radical (unpaired) electrons. The average Bonchev–Trinajstić information content (AvgIpc) is 3.25. The molecule has 1 aliphatic carbocycles. The van der Waals surface area contributed by atoms with E-state index in [4.69, 9.17) is 9.52 Å². The molecular formula is C14H20N2O6S. The van der Waals surface area contributed by atoms with Crippen LogP contribution < -0.4 is 4.72 Å². The van der Waals surface area contributed by atoms with E-state index in [1.807, 2.05) is 0 Å². The van der Waals surface area contributed by atoms with Crippen molar-refractivity contribution in [1.82, 2.24) is 9.62 Å². The third kappa shape index (κ3) is 3.73. The molecule has 1 saturated carbocycles. The second kappa shape index (κ2) is 6.32. The van der Waals surface area contributed by atoms with Crippen molar-refractivity contribution in [3.05, 3.63) is 17.4 Å². The predicted octanol–water partition coefficient (Wildman–Crippen LogP) is 0.821. The van der Waals surface area contributed by atoms with Crippen LogP contribution in [-0.4, -0.2) is 49.9 Å². The van der Waals surface area contributed by atoms with E-state index in [-0.39, 0.29) is 29.0 Å². The molecular weight excluding hydrogens is 324 g/mol. The van der Waals surface area contributed by atoms with Gasteiger partial charge in [0.2, 0.25) is 5.09 Å². The van der Waals surface area contributed by atoms with Gasteiger partial charge in [-0.3, -0.25) is 9.59 Å². The minimum absolute atomic E-state index is 0.00274. The average molecular weight is 344 g/mol. The molecule has 1 heterocycles. The first-order valence-corrected chi connectivity index (χ1v) is 8.73. The Hall–Kier alpha value is -1.87. The summed E-state index contributed by atoms with van der Waals surface area (Å²) < 4.78 is 30.8. The number of carboxylic acids is 1. The Labute approximate surface area is 134 Å². The van der Waals surface area contributed by atoms with Gasteiger partial charge in [-0.2, -0.15) is 0 Å². The normalized spacial score (nSPS) is 16.1. The lowest BCUT2D eigenvalue weighted by Gasteiger charge is -2.24. The lowest BCUT2D eigenvalue weighted by molar-refractivity contribution is -0.141. The summed E-state index contributed by atoms with van der Waals surface area (Å²) in [4.78, 5) is 25.2. The summed E-state index contributed by atoms with van der Waals surface area (Å²) >= 11 is 0. The maximum absolute atomic E-state index is 12.7. The molecule has 0 aromatic carbocycles. The zero-order chi connectivity index (χ0) is 17.4. The number of amides is 1. The van der Waals surface area contributed by atoms with E-state index in [0.717, 1.165) is 12.8 Å². The van der Waals surface area contributed by atoms with Crippen molar-refractivity contribution in [3.63, 3.8) is 0 Å². The summed E-state index contributed by atoms with van der Waals surface area (Å²) in [6, 6.07) is 1.19. The van der Waals surface area contributed by atoms with E-state index in [2.05, 4.69) is 4.72 Å². The summed E-state index contributed by atoms with van der Waals surface area (Å²) in [6.45, 7) is 3.12. The number of carbonyl (C=O) groups excluding carboxylic acids is 1. The van der Waals surface area contributed by atoms with Gasteiger partial charge in [0.25, 0.3) is 15.9 Å². The van der Waals surface area contributed by atoms with Crippen LogP contribution in [0.1, 0.15) is 35.9 Å². The molecule has 2 N–H and O–H groups in total. The number of aryl methyl sites for hydroxylation is 1. The van der Waals surface area contributed by atoms with Crippen molar-refractivity contribution in [2.45, 2.75) is 37.8 Å². The number of nitrogens with one attached hydrogen (secondary N) is 1. The maximum atomic E-state index is 12.7. The summed E-state index contributed by atoms with van der Waals surface area (Å²) in [5, 5.41) is 8.71. The number of carbonyl (C=O) groups is 2. The van der Waals surface area contributed by atoms with Gasteiger partial charge in [0, 0.05) is 18.7 Å². The SMILES string of the molecule is CNS(=O)(=O)c1cc(C(=O)N(CC(C)C(=O)O)C2CC2)c(C)o1. The zero-order valence-corrected chi connectivity index (χ0v) is 14.0. The van der Waals surface area contributed by atoms with Crippen LogP contribution in [0.3, 0.4) is 0 Å². The molecule has 1 fully saturated rings. The summed E-state index contributed by atoms with van der Waals surface area (Å²) in [5.41, 5.74) is 0.142. The topological polar surface area (TPSA) is 117 Å². The Morgan fingerprint density at radius 3 is 2.57 bits per heavy atom. The monoisotopic (exact) mass is 344 g/mol. The van der Waals surface area contributed by atoms with E-state index in [0.29, 0.717) is 0 Å². The molecule has 1 aliphatic rings. The Balaban J connectivity index is 2.29. The quantitative estimate of drug-likeness (QED) is 0.756. The minimum atomic E-state index is -3.78. The summed E-state index contributed by atoms with van der Waals surface area (Å²) in [6.07, 6.45) is 1.63. The highest BCUT2D eigenvalue weighted by atomic mass is 32.2. The van der Waals surface area contributed by atoms with Crippen LogP contribution in [-0.2, 0) is 14.8 Å². The van der Waals surface area contributed by atoms with Gasteiger partial charge in [-0.25, -0.2) is 13.1 Å². The van der Waals surface area contributed by atoms with Gasteiger partial charge in [0.05, 0.1) is 11.5 Å². The number of rotatable bonds is 7. The highest BCUT2D eigenvalue weighted by Crippen LogP contribution is 2.30. The van der Waals surface area contributed by atoms with E-state index in [1.54, 1.807) is 0 Å². The van der Waals surface area contributed by atoms with Crippen LogP contribution in [0.4, 0.5) is 0 Å². The number of nitrogens with zero attached hydrogens (tertiary/aromatic N) is 1. The molecule has 0 spiro atoms. The Bertz CT molecular complexity index is 720. The Morgan fingerprint density at radius 2 is 2.09 bits per heavy atom. The van der Waals surface area contributed by atoms with Gasteiger partial charge in [0.1, 0.15) is 5.76 Å². The summed E-state index contributed by atoms with van der Waals surface area (Å²) in [7, 11) is -2.53. The molecule has 9 heteroatoms. The van der Waals surface area contributed by atoms with Crippen LogP contribution in [0.25, 0.3) is 0 Å². The number of sulfonamides is 1. The first-order valence-electron chi connectivity index (χ1n) is 7.25. The molecule has 1 aromatic rings. The number of hydrogen-bond donors (Lipinski definition) is 2. The molecule has 1 atom stereocenters. The molecule has 1 aromatic heterocycles. The van der Waals surface area contributed by atoms with Crippen LogP contribution in [0.2, 0.25) is 0 Å². The molecule has 0 bridgehead atoms. The standard InChI is InChI=1S/C14H20N2O6S/c1-8(14(18)19)7-16(10-4-5-10)13(17)11-6-12(22-9(11)2)23(20,21)15-3/h6,8,10,15H,4-5,7H2,1-3H3,(H,18,19). The number of carboxylic acid groups (broad SMARTS) is 1. The largest absolute Gasteiger partial charge is 0.481 e. The molecule has 8 nitrogen and oxygen atoms in total. The fraction of sp³-hybridized carbons (Fsp3) is 0.571. The lowest BCUT2D eigenvalue weighted by atomic mass is 10.1. The predicted molar refractivity (Wildman–Crippen MR) is 80.5 cm³/mol. The number of furan rings is 1. The lowest BCUT2D eigenvalue weighted by Crippen LogP contribution is -2.38. The molecule has 0 aliphatic heterocycles. The molecule has 2 rings (SSSR count). The highest BCUT2D eigenvalue weighted by molar-refractivity contribution is 7.89. The van der Waals surface area contributed by atoms with E-state index < -0.39 is 27.8 Å². The van der Waals surface area contributed by atoms with Crippen LogP contribution in [0.15, 0.2) is 15.6 Å². The molecule has 23 heavy (non-hydrogen) atoms. The molecule has 1 amide bonds. The first-order chi connectivity index (χ1) is 10.7. The van der Waals surface area contributed by atoms with Crippen LogP contribution in [0, 0.1) is 12.8 Å². The van der Waals surface area contributed by atoms with E-state index >= 15 is 0 Å². The molecule has 128 valence electrons. The van der Waals surface area contributed by atoms with Gasteiger partial charge in [-0.15, -0.1) is 0 Å². The number of aliphatic carboxylic acids is 1. The first kappa shape index (κ1) is 17.5. The second-order valence-electron chi connectivity index (χ2n) is 5.67. The number of hydrogen-bond acceptors (Lipinski definition) is 5. The maximum Gasteiger partial charge on any atom is 0.308 e. The molecule has 1 unspecified atom stereocenters. The fourth-order valence-corrected chi connectivity index (χ4v) is 2.92. The van der Waals surface area contributed by atoms with Gasteiger partial charge in [-0.05, 0) is 26.8 Å². The zero-order valence-electron chi connectivity index (χ0n) is 13.2. The van der Waals surface area contributed by atoms with Crippen molar-refractivity contribution < 1.29 is 27.5 Å². The van der Waals surface area contributed by atoms with Crippen molar-refractivity contribution in [2.75, 3.05) is 13.6 Å². The van der Waals surface area contributed by atoms with Gasteiger partial charge < -0.3 is 14.4 Å². The van der Waals surface area contributed by atoms with Crippen molar-refractivity contribution in [1.29, 1.82) is 0 Å². The summed E-state index contributed by atoms with van der Waals surface area (Å²) in [5.74, 6) is -1.89. The van der Waals surface area contributed by atoms with E-state index in [9.17, 15) is 18.0 Å². The van der Waals surface area contributed by atoms with Crippen molar-refractivity contribution in [3.8, 4) is 0 Å². The van der Waals surface area contributed by atoms with E-state index in [1.165, 1.54) is 31.9 Å². The van der Waals surface area contributed by atoms with Crippen molar-refractivity contribution in [2.24, 2.45) is 5.92 Å². The van der Waals surface area contributed by atoms with Crippen LogP contribution >= 0.6 is 0 Å². The Morgan fingerprint density at radius 1 is 1.48 bits per heavy atom. The second-order valence-corrected chi connectivity index (χ2v) is 7.49. The third-order valence-corrected chi connectivity index (χ3v) is 5.07. The van der Waals surface area contributed by atoms with Gasteiger partial charge >= 0.3 is 5.97 Å². The highest BCUT2D eigenvalue weighted by Gasteiger charge is 2.36. The minimum Gasteiger partial charge on any atom is -0.481 e. The molecule has 0 saturated heterocycles. The smallest absolute Gasteiger partial charge is 0.308 e. The van der Waals surface area contributed by atoms with Crippen LogP contribution in [0.5, 0.6) is 0 Å². The Kier molecular flexibility index (Phi) is 4.81. The van der Waals surface area contributed by atoms with Gasteiger partial charge in [-0.1, -0.05) is 6.92 Å². The fourth-order valence-electron chi connectivity index (χ4n) is 2.21. The van der Waals surface area contributed by atoms with Crippen molar-refractivity contribution >= 4 is 21.9 Å². The van der Waals surface area contributed by atoms with Gasteiger partial charge in [0.15, 0.2) is 0 Å². The third-order valence-electron chi connectivity index (χ3n) is 3.80.